The van der Waals surface area contributed by atoms with Gasteiger partial charge < -0.3 is 40.3 Å². The number of aliphatic hydroxyl groups is 3. The number of hydrogen-bond donors (Lipinski definition) is 6. The van der Waals surface area contributed by atoms with Gasteiger partial charge in [0.2, 0.25) is 0 Å². The summed E-state index contributed by atoms with van der Waals surface area (Å²) in [5, 5.41) is 54.0. The van der Waals surface area contributed by atoms with Crippen LogP contribution in [0.5, 0.6) is 0 Å². The van der Waals surface area contributed by atoms with Crippen LogP contribution in [0, 0.1) is 40.9 Å². The molecular formula is C47H59NO13. The van der Waals surface area contributed by atoms with Crippen molar-refractivity contribution in [3.8, 4) is 0 Å². The minimum absolute atomic E-state index is 0. The summed E-state index contributed by atoms with van der Waals surface area (Å²) in [5.74, 6) is -6.23. The second-order valence-corrected chi connectivity index (χ2v) is 17.3. The van der Waals surface area contributed by atoms with Crippen LogP contribution in [0.1, 0.15) is 100 Å². The number of esters is 2. The van der Waals surface area contributed by atoms with Crippen molar-refractivity contribution in [3.63, 3.8) is 0 Å². The maximum absolute atomic E-state index is 14.4. The van der Waals surface area contributed by atoms with Gasteiger partial charge in [0, 0.05) is 44.5 Å². The van der Waals surface area contributed by atoms with Crippen molar-refractivity contribution < 1.29 is 65.2 Å². The number of benzene rings is 3. The molecule has 14 heteroatoms. The Kier molecular flexibility index (Phi) is 14.9. The lowest BCUT2D eigenvalue weighted by Crippen LogP contribution is -2.68. The molecule has 4 aliphatic rings. The van der Waals surface area contributed by atoms with Crippen LogP contribution >= 0.6 is 0 Å². The number of hydrogen-bond acceptors (Lipinski definition) is 11. The van der Waals surface area contributed by atoms with E-state index in [1.807, 2.05) is 13.8 Å². The van der Waals surface area contributed by atoms with Crippen molar-refractivity contribution in [1.82, 2.24) is 5.32 Å². The molecule has 4 fully saturated rings. The maximum Gasteiger partial charge on any atom is 0.337 e. The fraction of sp³-hybridized carbons (Fsp3) is 0.489. The molecule has 1 amide bonds. The first-order chi connectivity index (χ1) is 28.8. The Hall–Kier alpha value is -5.44. The van der Waals surface area contributed by atoms with Crippen molar-refractivity contribution >= 4 is 35.6 Å². The molecule has 3 aromatic carbocycles. The third-order valence-electron chi connectivity index (χ3n) is 13.3. The normalized spacial score (nSPS) is 30.4. The highest BCUT2D eigenvalue weighted by atomic mass is 16.6. The molecule has 0 aliphatic heterocycles. The Balaban J connectivity index is 0.000000521. The standard InChI is InChI=1S/C38H47NO9.C7H6O2.C2H4O2.H2/c1-20-28(48-36(45)33(43)31(22-11-7-5-8-12-22)39-35(44)23-13-9-6-10-14-23)19-38(46)18-26-25-16-15-24(25)17-27(41)29(26)32(42)34(47-21(2)40)30(20)37(38,3)4;8-7(9)6-4-2-1-3-5-6;1-2(3)4;/h5-14,20,24-31,33-34,41,43,46H,15-19H2,1-4H3,(H,39,44);1-5H,(H,8,9);1H3,(H,3,4);1H/t20?,24-,25?,26?,27+,28+,29?,30?,31+,33-,34?,38+;;;/m1.../s1. The number of fused-ring (bicyclic) bond motifs is 5. The van der Waals surface area contributed by atoms with E-state index in [2.05, 4.69) is 5.32 Å². The number of carbonyl (C=O) groups excluding carboxylic acids is 4. The van der Waals surface area contributed by atoms with E-state index < -0.39 is 89.0 Å². The summed E-state index contributed by atoms with van der Waals surface area (Å²) >= 11 is 0. The molecule has 0 heterocycles. The van der Waals surface area contributed by atoms with Crippen molar-refractivity contribution in [2.24, 2.45) is 40.9 Å². The van der Waals surface area contributed by atoms with E-state index >= 15 is 0 Å². The topological polar surface area (TPSA) is 234 Å². The quantitative estimate of drug-likeness (QED) is 0.154. The lowest BCUT2D eigenvalue weighted by molar-refractivity contribution is -0.243. The molecule has 0 saturated heterocycles. The smallest absolute Gasteiger partial charge is 0.337 e. The van der Waals surface area contributed by atoms with Crippen molar-refractivity contribution in [2.45, 2.75) is 103 Å². The highest BCUT2D eigenvalue weighted by molar-refractivity contribution is 5.95. The number of amides is 1. The van der Waals surface area contributed by atoms with Crippen LogP contribution in [0.2, 0.25) is 0 Å². The van der Waals surface area contributed by atoms with Gasteiger partial charge in [-0.1, -0.05) is 87.5 Å². The van der Waals surface area contributed by atoms with Gasteiger partial charge in [-0.2, -0.15) is 0 Å². The number of ketones is 1. The molecular weight excluding hydrogens is 787 g/mol. The number of rotatable bonds is 8. The Labute approximate surface area is 356 Å². The van der Waals surface area contributed by atoms with E-state index in [-0.39, 0.29) is 37.8 Å². The van der Waals surface area contributed by atoms with E-state index in [0.717, 1.165) is 19.8 Å². The molecule has 330 valence electrons. The second kappa shape index (κ2) is 19.5. The zero-order valence-corrected chi connectivity index (χ0v) is 35.0. The highest BCUT2D eigenvalue weighted by Gasteiger charge is 2.66. The molecule has 6 unspecified atom stereocenters. The largest absolute Gasteiger partial charge is 0.481 e. The number of aliphatic hydroxyl groups excluding tert-OH is 2. The van der Waals surface area contributed by atoms with Gasteiger partial charge >= 0.3 is 17.9 Å². The minimum Gasteiger partial charge on any atom is -0.481 e. The van der Waals surface area contributed by atoms with Crippen LogP contribution in [-0.2, 0) is 28.7 Å². The Morgan fingerprint density at radius 2 is 1.34 bits per heavy atom. The van der Waals surface area contributed by atoms with E-state index in [9.17, 15) is 39.3 Å². The van der Waals surface area contributed by atoms with Gasteiger partial charge in [-0.3, -0.25) is 19.2 Å². The van der Waals surface area contributed by atoms with Crippen LogP contribution in [0.4, 0.5) is 0 Å². The molecule has 0 aromatic heterocycles. The number of carbonyl (C=O) groups is 6. The fourth-order valence-corrected chi connectivity index (χ4v) is 10.1. The fourth-order valence-electron chi connectivity index (χ4n) is 10.1. The lowest BCUT2D eigenvalue weighted by atomic mass is 9.45. The SMILES string of the molecule is CC(=O)O.CC(=O)OC1C(=O)C2C(C[C@]3(O)C[C@H](OC(=O)[C@H](O)[C@@H](NC(=O)c4ccccc4)c4ccccc4)C(C)C1C3(C)C)C1CC[C@@H]1C[C@@H]2O.O=C(O)c1ccccc1.[HH]. The zero-order chi connectivity index (χ0) is 44.8. The van der Waals surface area contributed by atoms with Gasteiger partial charge in [0.05, 0.1) is 29.2 Å². The predicted octanol–water partition coefficient (Wildman–Crippen LogP) is 5.49. The molecule has 12 atom stereocenters. The molecule has 14 nitrogen and oxygen atoms in total. The maximum atomic E-state index is 14.4. The monoisotopic (exact) mass is 845 g/mol. The Morgan fingerprint density at radius 3 is 1.84 bits per heavy atom. The first kappa shape index (κ1) is 46.6. The van der Waals surface area contributed by atoms with Gasteiger partial charge in [-0.25, -0.2) is 9.59 Å². The number of ether oxygens (including phenoxy) is 2. The van der Waals surface area contributed by atoms with Crippen LogP contribution in [0.3, 0.4) is 0 Å². The number of aliphatic carboxylic acids is 1. The number of Topliss-reactive ketones (excluding diaryl/α,β-unsaturated/α-hetero) is 1. The molecule has 4 saturated carbocycles. The zero-order valence-electron chi connectivity index (χ0n) is 35.0. The summed E-state index contributed by atoms with van der Waals surface area (Å²) in [7, 11) is 0. The number of carboxylic acid groups (broad SMARTS) is 2. The summed E-state index contributed by atoms with van der Waals surface area (Å²) in [5.41, 5.74) is -1.24. The summed E-state index contributed by atoms with van der Waals surface area (Å²) in [6, 6.07) is 24.2. The lowest BCUT2D eigenvalue weighted by Gasteiger charge is -2.62. The molecule has 0 spiro atoms. The Morgan fingerprint density at radius 1 is 0.803 bits per heavy atom. The number of carboxylic acids is 2. The van der Waals surface area contributed by atoms with Crippen molar-refractivity contribution in [1.29, 1.82) is 0 Å². The van der Waals surface area contributed by atoms with Crippen molar-refractivity contribution in [3.05, 3.63) is 108 Å². The molecule has 3 aromatic rings. The molecule has 4 aliphatic carbocycles. The Bertz CT molecular complexity index is 2030. The van der Waals surface area contributed by atoms with Crippen LogP contribution in [0.15, 0.2) is 91.0 Å². The van der Waals surface area contributed by atoms with Gasteiger partial charge in [-0.15, -0.1) is 0 Å². The molecule has 6 N–H and O–H groups in total. The van der Waals surface area contributed by atoms with Gasteiger partial charge in [0.25, 0.3) is 11.9 Å². The van der Waals surface area contributed by atoms with Gasteiger partial charge in [0.15, 0.2) is 18.0 Å². The summed E-state index contributed by atoms with van der Waals surface area (Å²) < 4.78 is 11.8. The van der Waals surface area contributed by atoms with Gasteiger partial charge in [0.1, 0.15) is 6.10 Å². The third kappa shape index (κ3) is 10.4. The van der Waals surface area contributed by atoms with E-state index in [4.69, 9.17) is 24.5 Å². The minimum atomic E-state index is -1.80. The van der Waals surface area contributed by atoms with Crippen molar-refractivity contribution in [2.75, 3.05) is 0 Å². The van der Waals surface area contributed by atoms with E-state index in [1.54, 1.807) is 97.9 Å². The average molecular weight is 846 g/mol. The van der Waals surface area contributed by atoms with Crippen LogP contribution < -0.4 is 5.32 Å². The third-order valence-corrected chi connectivity index (χ3v) is 13.3. The first-order valence-corrected chi connectivity index (χ1v) is 20.7. The van der Waals surface area contributed by atoms with Crippen LogP contribution in [-0.4, -0.2) is 91.1 Å². The first-order valence-electron chi connectivity index (χ1n) is 20.7. The molecule has 0 radical (unpaired) electrons. The summed E-state index contributed by atoms with van der Waals surface area (Å²) in [6.07, 6.45) is -2.32. The molecule has 2 bridgehead atoms. The second-order valence-electron chi connectivity index (χ2n) is 17.3. The van der Waals surface area contributed by atoms with E-state index in [1.165, 1.54) is 6.92 Å². The molecule has 61 heavy (non-hydrogen) atoms. The predicted molar refractivity (Wildman–Crippen MR) is 223 cm³/mol. The highest BCUT2D eigenvalue weighted by Crippen LogP contribution is 2.62. The summed E-state index contributed by atoms with van der Waals surface area (Å²) in [6.45, 7) is 7.85. The summed E-state index contributed by atoms with van der Waals surface area (Å²) in [4.78, 5) is 73.1. The van der Waals surface area contributed by atoms with Crippen LogP contribution in [0.25, 0.3) is 0 Å². The van der Waals surface area contributed by atoms with E-state index in [0.29, 0.717) is 23.1 Å². The number of aromatic carboxylic acids is 1. The average Bonchev–Trinajstić information content (AvgIpc) is 3.20. The van der Waals surface area contributed by atoms with Gasteiger partial charge in [-0.05, 0) is 73.3 Å². The molecule has 7 rings (SSSR count). The number of nitrogens with one attached hydrogen (secondary N) is 1.